The van der Waals surface area contributed by atoms with Gasteiger partial charge in [0.2, 0.25) is 0 Å². The molecular weight excluding hydrogens is 409 g/mol. The monoisotopic (exact) mass is 433 g/mol. The van der Waals surface area contributed by atoms with Crippen molar-refractivity contribution in [2.24, 2.45) is 11.1 Å². The Morgan fingerprint density at radius 3 is 2.69 bits per heavy atom. The van der Waals surface area contributed by atoms with E-state index < -0.39 is 0 Å². The summed E-state index contributed by atoms with van der Waals surface area (Å²) in [6.45, 7) is 3.36. The van der Waals surface area contributed by atoms with E-state index in [1.807, 2.05) is 6.92 Å². The van der Waals surface area contributed by atoms with Crippen LogP contribution in [0.1, 0.15) is 29.9 Å². The molecule has 0 amide bonds. The predicted molar refractivity (Wildman–Crippen MR) is 118 cm³/mol. The largest absolute Gasteiger partial charge is 0.421 e. The van der Waals surface area contributed by atoms with Crippen LogP contribution in [0.4, 0.5) is 15.9 Å². The molecule has 164 valence electrons. The fraction of sp³-hybridized carbons (Fsp3) is 0.391. The van der Waals surface area contributed by atoms with Crippen LogP contribution in [0.3, 0.4) is 0 Å². The standard InChI is InChI=1S/C23H24FN7O/c1-12-27-8-14(9-28-12)32-22-29-18-7-15-16(5-13(24)6-17(15)26-2)20(18)21(30-22)31-10-19(25)23(11-31)3-4-23/h5-6,8-9,19,26H,3-4,7,10-11,25H2,1-2H3/t19-/m0/s1. The number of nitrogens with zero attached hydrogens (tertiary/aromatic N) is 5. The number of hydrogen-bond donors (Lipinski definition) is 2. The molecule has 9 heteroatoms. The van der Waals surface area contributed by atoms with Gasteiger partial charge in [0.05, 0.1) is 18.1 Å². The van der Waals surface area contributed by atoms with E-state index in [0.717, 1.165) is 53.3 Å². The molecule has 1 spiro atoms. The van der Waals surface area contributed by atoms with Crippen LogP contribution in [0.25, 0.3) is 11.1 Å². The van der Waals surface area contributed by atoms with Crippen LogP contribution in [-0.2, 0) is 6.42 Å². The zero-order chi connectivity index (χ0) is 22.0. The summed E-state index contributed by atoms with van der Waals surface area (Å²) in [6.07, 6.45) is 6.05. The topological polar surface area (TPSA) is 102 Å². The van der Waals surface area contributed by atoms with Crippen LogP contribution in [0.5, 0.6) is 11.8 Å². The maximum atomic E-state index is 14.5. The summed E-state index contributed by atoms with van der Waals surface area (Å²) >= 11 is 0. The SMILES string of the molecule is CNc1cc(F)cc2c1Cc1nc(Oc3cnc(C)nc3)nc(N3C[C@H](N)C4(CC4)C3)c1-2. The highest BCUT2D eigenvalue weighted by Gasteiger charge is 2.54. The lowest BCUT2D eigenvalue weighted by Crippen LogP contribution is -2.30. The third-order valence-corrected chi connectivity index (χ3v) is 6.91. The molecule has 1 aromatic carbocycles. The van der Waals surface area contributed by atoms with Crippen LogP contribution in [0.2, 0.25) is 0 Å². The molecule has 0 unspecified atom stereocenters. The van der Waals surface area contributed by atoms with Crippen LogP contribution >= 0.6 is 0 Å². The van der Waals surface area contributed by atoms with Crippen molar-refractivity contribution in [3.8, 4) is 22.9 Å². The van der Waals surface area contributed by atoms with Gasteiger partial charge in [0.25, 0.3) is 0 Å². The summed E-state index contributed by atoms with van der Waals surface area (Å²) in [6, 6.07) is 3.43. The van der Waals surface area contributed by atoms with Crippen molar-refractivity contribution in [3.05, 3.63) is 47.4 Å². The second kappa shape index (κ2) is 6.83. The van der Waals surface area contributed by atoms with Crippen molar-refractivity contribution >= 4 is 11.5 Å². The second-order valence-corrected chi connectivity index (χ2v) is 8.98. The molecule has 1 aliphatic heterocycles. The van der Waals surface area contributed by atoms with Gasteiger partial charge in [-0.05, 0) is 43.0 Å². The number of hydrogen-bond acceptors (Lipinski definition) is 8. The zero-order valence-electron chi connectivity index (χ0n) is 18.0. The first kappa shape index (κ1) is 19.4. The molecule has 0 radical (unpaired) electrons. The summed E-state index contributed by atoms with van der Waals surface area (Å²) in [7, 11) is 1.80. The minimum atomic E-state index is -0.291. The Bertz CT molecular complexity index is 1230. The average Bonchev–Trinajstić information content (AvgIpc) is 3.36. The molecule has 2 aliphatic carbocycles. The number of nitrogens with two attached hydrogens (primary N) is 1. The Balaban J connectivity index is 1.47. The third kappa shape index (κ3) is 2.99. The average molecular weight is 433 g/mol. The van der Waals surface area contributed by atoms with Crippen LogP contribution in [-0.4, -0.2) is 46.1 Å². The molecule has 32 heavy (non-hydrogen) atoms. The van der Waals surface area contributed by atoms with Gasteiger partial charge in [-0.25, -0.2) is 14.4 Å². The van der Waals surface area contributed by atoms with Gasteiger partial charge in [0.1, 0.15) is 17.5 Å². The van der Waals surface area contributed by atoms with E-state index in [0.29, 0.717) is 24.5 Å². The van der Waals surface area contributed by atoms with Gasteiger partial charge in [0.15, 0.2) is 5.75 Å². The van der Waals surface area contributed by atoms with Gasteiger partial charge >= 0.3 is 6.01 Å². The highest BCUT2D eigenvalue weighted by molar-refractivity contribution is 5.88. The maximum Gasteiger partial charge on any atom is 0.324 e. The molecule has 1 saturated heterocycles. The number of benzene rings is 1. The smallest absolute Gasteiger partial charge is 0.324 e. The van der Waals surface area contributed by atoms with Crippen LogP contribution in [0.15, 0.2) is 24.5 Å². The van der Waals surface area contributed by atoms with E-state index in [1.165, 1.54) is 6.07 Å². The number of halogens is 1. The molecule has 0 bridgehead atoms. The first-order valence-electron chi connectivity index (χ1n) is 10.8. The third-order valence-electron chi connectivity index (χ3n) is 6.91. The number of aromatic nitrogens is 4. The minimum Gasteiger partial charge on any atom is -0.421 e. The quantitative estimate of drug-likeness (QED) is 0.506. The molecular formula is C23H24FN7O. The van der Waals surface area contributed by atoms with Crippen LogP contribution in [0, 0.1) is 18.2 Å². The van der Waals surface area contributed by atoms with Crippen molar-refractivity contribution in [3.63, 3.8) is 0 Å². The van der Waals surface area contributed by atoms with Gasteiger partial charge in [-0.1, -0.05) is 0 Å². The van der Waals surface area contributed by atoms with Gasteiger partial charge in [-0.3, -0.25) is 0 Å². The number of anilines is 2. The lowest BCUT2D eigenvalue weighted by atomic mass is 10.0. The summed E-state index contributed by atoms with van der Waals surface area (Å²) in [5.41, 5.74) is 10.9. The normalized spacial score (nSPS) is 19.8. The molecule has 1 saturated carbocycles. The summed E-state index contributed by atoms with van der Waals surface area (Å²) in [5.74, 6) is 1.59. The van der Waals surface area contributed by atoms with Crippen molar-refractivity contribution < 1.29 is 9.13 Å². The maximum absolute atomic E-state index is 14.5. The molecule has 6 rings (SSSR count). The number of rotatable bonds is 4. The van der Waals surface area contributed by atoms with Crippen molar-refractivity contribution in [1.82, 2.24) is 19.9 Å². The first-order chi connectivity index (χ1) is 15.5. The Morgan fingerprint density at radius 2 is 2.00 bits per heavy atom. The molecule has 8 nitrogen and oxygen atoms in total. The Hall–Kier alpha value is -3.33. The Labute approximate surface area is 185 Å². The Kier molecular flexibility index (Phi) is 4.13. The van der Waals surface area contributed by atoms with E-state index in [9.17, 15) is 4.39 Å². The van der Waals surface area contributed by atoms with Gasteiger partial charge in [-0.15, -0.1) is 0 Å². The number of aryl methyl sites for hydroxylation is 1. The number of fused-ring (bicyclic) bond motifs is 3. The first-order valence-corrected chi connectivity index (χ1v) is 10.8. The minimum absolute atomic E-state index is 0.101. The summed E-state index contributed by atoms with van der Waals surface area (Å²) in [4.78, 5) is 20.1. The molecule has 3 aliphatic rings. The van der Waals surface area contributed by atoms with E-state index in [-0.39, 0.29) is 23.3 Å². The fourth-order valence-corrected chi connectivity index (χ4v) is 4.97. The van der Waals surface area contributed by atoms with E-state index in [4.69, 9.17) is 20.4 Å². The molecule has 3 N–H and O–H groups in total. The molecule has 3 heterocycles. The highest BCUT2D eigenvalue weighted by atomic mass is 19.1. The zero-order valence-corrected chi connectivity index (χ0v) is 18.0. The van der Waals surface area contributed by atoms with E-state index in [2.05, 4.69) is 20.2 Å². The van der Waals surface area contributed by atoms with Crippen LogP contribution < -0.4 is 20.7 Å². The van der Waals surface area contributed by atoms with Gasteiger partial charge in [0, 0.05) is 49.3 Å². The Morgan fingerprint density at radius 1 is 1.22 bits per heavy atom. The molecule has 2 fully saturated rings. The molecule has 2 aromatic heterocycles. The number of nitrogens with one attached hydrogen (secondary N) is 1. The molecule has 1 atom stereocenters. The van der Waals surface area contributed by atoms with Crippen molar-refractivity contribution in [1.29, 1.82) is 0 Å². The number of ether oxygens (including phenoxy) is 1. The molecule has 3 aromatic rings. The van der Waals surface area contributed by atoms with E-state index >= 15 is 0 Å². The van der Waals surface area contributed by atoms with Crippen molar-refractivity contribution in [2.45, 2.75) is 32.2 Å². The van der Waals surface area contributed by atoms with Gasteiger partial charge < -0.3 is 20.7 Å². The van der Waals surface area contributed by atoms with E-state index in [1.54, 1.807) is 25.5 Å². The van der Waals surface area contributed by atoms with Gasteiger partial charge in [-0.2, -0.15) is 9.97 Å². The lowest BCUT2D eigenvalue weighted by molar-refractivity contribution is 0.435. The predicted octanol–water partition coefficient (Wildman–Crippen LogP) is 3.05. The summed E-state index contributed by atoms with van der Waals surface area (Å²) in [5, 5.41) is 3.11. The highest BCUT2D eigenvalue weighted by Crippen LogP contribution is 2.54. The fourth-order valence-electron chi connectivity index (χ4n) is 4.97. The summed E-state index contributed by atoms with van der Waals surface area (Å²) < 4.78 is 20.4. The second-order valence-electron chi connectivity index (χ2n) is 8.98. The van der Waals surface area contributed by atoms with Crippen molar-refractivity contribution in [2.75, 3.05) is 30.4 Å². The lowest BCUT2D eigenvalue weighted by Gasteiger charge is -2.21.